The van der Waals surface area contributed by atoms with Crippen molar-refractivity contribution in [1.29, 1.82) is 0 Å². The minimum atomic E-state index is -0.367. The molecule has 0 aliphatic carbocycles. The molecule has 1 aliphatic rings. The number of nitrogens with zero attached hydrogens (tertiary/aromatic N) is 2. The molecule has 1 aliphatic heterocycles. The normalized spacial score (nSPS) is 19.0. The van der Waals surface area contributed by atoms with Crippen molar-refractivity contribution in [2.24, 2.45) is 0 Å². The molecule has 0 radical (unpaired) electrons. The maximum absolute atomic E-state index is 12.3. The average Bonchev–Trinajstić information content (AvgIpc) is 2.48. The number of piperidine rings is 1. The Labute approximate surface area is 131 Å². The van der Waals surface area contributed by atoms with Crippen LogP contribution in [0.4, 0.5) is 0 Å². The van der Waals surface area contributed by atoms with Crippen molar-refractivity contribution >= 4 is 17.5 Å². The number of aliphatic hydroxyl groups excluding tert-OH is 1. The number of amides is 1. The Morgan fingerprint density at radius 3 is 2.76 bits per heavy atom. The third kappa shape index (κ3) is 4.99. The molecule has 1 heterocycles. The zero-order valence-electron chi connectivity index (χ0n) is 12.5. The molecule has 1 N–H and O–H groups in total. The second kappa shape index (κ2) is 7.78. The minimum absolute atomic E-state index is 0.101. The van der Waals surface area contributed by atoms with Crippen LogP contribution in [0, 0.1) is 0 Å². The van der Waals surface area contributed by atoms with Crippen molar-refractivity contribution in [3.05, 3.63) is 34.9 Å². The Kier molecular flexibility index (Phi) is 6.03. The second-order valence-electron chi connectivity index (χ2n) is 5.57. The van der Waals surface area contributed by atoms with Gasteiger partial charge in [0.1, 0.15) is 0 Å². The summed E-state index contributed by atoms with van der Waals surface area (Å²) in [6.45, 7) is 5.21. The van der Waals surface area contributed by atoms with Crippen LogP contribution in [0.2, 0.25) is 5.02 Å². The summed E-state index contributed by atoms with van der Waals surface area (Å²) >= 11 is 5.88. The van der Waals surface area contributed by atoms with E-state index < -0.39 is 0 Å². The van der Waals surface area contributed by atoms with Gasteiger partial charge >= 0.3 is 0 Å². The molecule has 0 spiro atoms. The number of hydrogen-bond acceptors (Lipinski definition) is 3. The molecule has 0 bridgehead atoms. The first-order valence-electron chi connectivity index (χ1n) is 7.51. The molecule has 4 nitrogen and oxygen atoms in total. The molecule has 1 saturated heterocycles. The van der Waals surface area contributed by atoms with Crippen LogP contribution in [0.5, 0.6) is 0 Å². The van der Waals surface area contributed by atoms with Crippen molar-refractivity contribution in [3.8, 4) is 0 Å². The molecule has 116 valence electrons. The van der Waals surface area contributed by atoms with Crippen molar-refractivity contribution in [2.75, 3.05) is 26.2 Å². The van der Waals surface area contributed by atoms with E-state index >= 15 is 0 Å². The number of benzene rings is 1. The van der Waals surface area contributed by atoms with Crippen LogP contribution < -0.4 is 0 Å². The number of halogens is 1. The minimum Gasteiger partial charge on any atom is -0.391 e. The van der Waals surface area contributed by atoms with Gasteiger partial charge in [-0.25, -0.2) is 0 Å². The first-order chi connectivity index (χ1) is 10.1. The van der Waals surface area contributed by atoms with Crippen LogP contribution in [0.15, 0.2) is 24.3 Å². The molecule has 0 unspecified atom stereocenters. The second-order valence-corrected chi connectivity index (χ2v) is 6.00. The Morgan fingerprint density at radius 2 is 2.14 bits per heavy atom. The van der Waals surface area contributed by atoms with Crippen molar-refractivity contribution in [2.45, 2.75) is 32.4 Å². The quantitative estimate of drug-likeness (QED) is 0.906. The monoisotopic (exact) mass is 310 g/mol. The fourth-order valence-corrected chi connectivity index (χ4v) is 2.73. The van der Waals surface area contributed by atoms with E-state index in [4.69, 9.17) is 11.6 Å². The summed E-state index contributed by atoms with van der Waals surface area (Å²) in [7, 11) is 0. The lowest BCUT2D eigenvalue weighted by atomic mass is 10.1. The first kappa shape index (κ1) is 16.3. The molecule has 0 saturated carbocycles. The summed E-state index contributed by atoms with van der Waals surface area (Å²) in [5.41, 5.74) is 1.15. The third-order valence-electron chi connectivity index (χ3n) is 3.87. The van der Waals surface area contributed by atoms with E-state index in [1.807, 2.05) is 31.2 Å². The van der Waals surface area contributed by atoms with Crippen LogP contribution >= 0.6 is 11.6 Å². The predicted molar refractivity (Wildman–Crippen MR) is 84.2 cm³/mol. The highest BCUT2D eigenvalue weighted by atomic mass is 35.5. The van der Waals surface area contributed by atoms with Gasteiger partial charge in [0.05, 0.1) is 12.6 Å². The van der Waals surface area contributed by atoms with E-state index in [1.54, 1.807) is 4.90 Å². The van der Waals surface area contributed by atoms with Crippen LogP contribution in [0.3, 0.4) is 0 Å². The van der Waals surface area contributed by atoms with E-state index in [-0.39, 0.29) is 12.0 Å². The molecule has 1 atom stereocenters. The number of β-amino-alcohol motifs (C(OH)–C–C–N with tert-alkyl or cyclic N) is 1. The van der Waals surface area contributed by atoms with Gasteiger partial charge in [0, 0.05) is 24.7 Å². The van der Waals surface area contributed by atoms with Crippen LogP contribution in [-0.4, -0.2) is 53.1 Å². The fourth-order valence-electron chi connectivity index (χ4n) is 2.60. The van der Waals surface area contributed by atoms with Gasteiger partial charge in [0.25, 0.3) is 0 Å². The topological polar surface area (TPSA) is 43.8 Å². The van der Waals surface area contributed by atoms with Crippen LogP contribution in [0.1, 0.15) is 25.3 Å². The number of likely N-dealkylation sites (tertiary alicyclic amines) is 1. The zero-order chi connectivity index (χ0) is 15.2. The Bertz CT molecular complexity index is 464. The Morgan fingerprint density at radius 1 is 1.43 bits per heavy atom. The van der Waals surface area contributed by atoms with E-state index in [0.717, 1.165) is 43.1 Å². The summed E-state index contributed by atoms with van der Waals surface area (Å²) in [4.78, 5) is 16.2. The van der Waals surface area contributed by atoms with Crippen molar-refractivity contribution in [1.82, 2.24) is 9.80 Å². The number of rotatable bonds is 5. The van der Waals surface area contributed by atoms with E-state index in [1.165, 1.54) is 0 Å². The molecule has 1 amide bonds. The highest BCUT2D eigenvalue weighted by Crippen LogP contribution is 2.13. The molecule has 21 heavy (non-hydrogen) atoms. The standard InChI is InChI=1S/C16H23ClN2O2/c1-2-18(10-13-5-7-14(17)8-6-13)12-16(21)19-9-3-4-15(20)11-19/h5-8,15,20H,2-4,9-12H2,1H3/t15-/m1/s1. The van der Waals surface area contributed by atoms with E-state index in [2.05, 4.69) is 4.90 Å². The van der Waals surface area contributed by atoms with Gasteiger partial charge in [-0.15, -0.1) is 0 Å². The molecular formula is C16H23ClN2O2. The van der Waals surface area contributed by atoms with Gasteiger partial charge in [-0.1, -0.05) is 30.7 Å². The van der Waals surface area contributed by atoms with Crippen LogP contribution in [0.25, 0.3) is 0 Å². The average molecular weight is 311 g/mol. The first-order valence-corrected chi connectivity index (χ1v) is 7.89. The summed E-state index contributed by atoms with van der Waals surface area (Å²) in [5.74, 6) is 0.101. The summed E-state index contributed by atoms with van der Waals surface area (Å²) in [6.07, 6.45) is 1.32. The smallest absolute Gasteiger partial charge is 0.236 e. The lowest BCUT2D eigenvalue weighted by molar-refractivity contribution is -0.135. The zero-order valence-corrected chi connectivity index (χ0v) is 13.2. The Hall–Kier alpha value is -1.10. The van der Waals surface area contributed by atoms with Gasteiger partial charge in [0.2, 0.25) is 5.91 Å². The summed E-state index contributed by atoms with van der Waals surface area (Å²) in [6, 6.07) is 7.71. The number of aliphatic hydroxyl groups is 1. The predicted octanol–water partition coefficient (Wildman–Crippen LogP) is 2.15. The SMILES string of the molecule is CCN(CC(=O)N1CCC[C@@H](O)C1)Cc1ccc(Cl)cc1. The van der Waals surface area contributed by atoms with E-state index in [0.29, 0.717) is 13.1 Å². The summed E-state index contributed by atoms with van der Waals surface area (Å²) in [5, 5.41) is 10.4. The summed E-state index contributed by atoms with van der Waals surface area (Å²) < 4.78 is 0. The van der Waals surface area contributed by atoms with Crippen molar-refractivity contribution < 1.29 is 9.90 Å². The maximum Gasteiger partial charge on any atom is 0.236 e. The van der Waals surface area contributed by atoms with Crippen LogP contribution in [-0.2, 0) is 11.3 Å². The lowest BCUT2D eigenvalue weighted by Gasteiger charge is -2.32. The van der Waals surface area contributed by atoms with Gasteiger partial charge in [-0.3, -0.25) is 9.69 Å². The molecule has 1 aromatic carbocycles. The van der Waals surface area contributed by atoms with Crippen molar-refractivity contribution in [3.63, 3.8) is 0 Å². The van der Waals surface area contributed by atoms with E-state index in [9.17, 15) is 9.90 Å². The lowest BCUT2D eigenvalue weighted by Crippen LogP contribution is -2.46. The Balaban J connectivity index is 1.89. The molecule has 2 rings (SSSR count). The fraction of sp³-hybridized carbons (Fsp3) is 0.562. The molecule has 1 fully saturated rings. The molecular weight excluding hydrogens is 288 g/mol. The van der Waals surface area contributed by atoms with Gasteiger partial charge in [0.15, 0.2) is 0 Å². The number of hydrogen-bond donors (Lipinski definition) is 1. The highest BCUT2D eigenvalue weighted by molar-refractivity contribution is 6.30. The maximum atomic E-state index is 12.3. The molecule has 0 aromatic heterocycles. The largest absolute Gasteiger partial charge is 0.391 e. The third-order valence-corrected chi connectivity index (χ3v) is 4.13. The molecule has 5 heteroatoms. The number of carbonyl (C=O) groups is 1. The highest BCUT2D eigenvalue weighted by Gasteiger charge is 2.23. The number of carbonyl (C=O) groups excluding carboxylic acids is 1. The van der Waals surface area contributed by atoms with Gasteiger partial charge in [-0.05, 0) is 37.1 Å². The van der Waals surface area contributed by atoms with Gasteiger partial charge in [-0.2, -0.15) is 0 Å². The molecule has 1 aromatic rings. The van der Waals surface area contributed by atoms with Gasteiger partial charge < -0.3 is 10.0 Å². The number of likely N-dealkylation sites (N-methyl/N-ethyl adjacent to an activating group) is 1.